The second-order valence-corrected chi connectivity index (χ2v) is 5.23. The zero-order valence-electron chi connectivity index (χ0n) is 9.87. The average Bonchev–Trinajstić information content (AvgIpc) is 3.07. The molecule has 1 fully saturated rings. The van der Waals surface area contributed by atoms with Gasteiger partial charge in [-0.3, -0.25) is 4.79 Å². The van der Waals surface area contributed by atoms with Gasteiger partial charge in [-0.05, 0) is 42.9 Å². The molecule has 0 bridgehead atoms. The molecule has 0 radical (unpaired) electrons. The summed E-state index contributed by atoms with van der Waals surface area (Å²) in [5.74, 6) is 1.24. The van der Waals surface area contributed by atoms with Gasteiger partial charge in [0.05, 0.1) is 0 Å². The monoisotopic (exact) mass is 252 g/mol. The first kappa shape index (κ1) is 12.2. The van der Waals surface area contributed by atoms with E-state index >= 15 is 0 Å². The molecular weight excluding hydrogens is 236 g/mol. The summed E-state index contributed by atoms with van der Waals surface area (Å²) in [6, 6.07) is 4.91. The van der Waals surface area contributed by atoms with Gasteiger partial charge in [0.1, 0.15) is 0 Å². The summed E-state index contributed by atoms with van der Waals surface area (Å²) in [6.07, 6.45) is 2.59. The van der Waals surface area contributed by atoms with Gasteiger partial charge in [-0.1, -0.05) is 18.5 Å². The van der Waals surface area contributed by atoms with Crippen LogP contribution in [0.4, 0.5) is 5.69 Å². The summed E-state index contributed by atoms with van der Waals surface area (Å²) in [7, 11) is 0. The molecule has 4 heteroatoms. The SMILES string of the molecule is CC(CNC(=O)c1cc(N)cc(Cl)c1)C1CC1. The highest BCUT2D eigenvalue weighted by Gasteiger charge is 2.27. The van der Waals surface area contributed by atoms with Crippen LogP contribution in [0.25, 0.3) is 0 Å². The number of nitrogens with one attached hydrogen (secondary N) is 1. The Bertz CT molecular complexity index is 409. The quantitative estimate of drug-likeness (QED) is 0.810. The largest absolute Gasteiger partial charge is 0.399 e. The van der Waals surface area contributed by atoms with Gasteiger partial charge in [0.25, 0.3) is 5.91 Å². The van der Waals surface area contributed by atoms with Gasteiger partial charge in [-0.2, -0.15) is 0 Å². The van der Waals surface area contributed by atoms with Crippen LogP contribution in [0.1, 0.15) is 30.1 Å². The Hall–Kier alpha value is -1.22. The molecule has 1 unspecified atom stereocenters. The third kappa shape index (κ3) is 3.37. The standard InChI is InChI=1S/C13H17ClN2O/c1-8(9-2-3-9)7-16-13(17)10-4-11(14)6-12(15)5-10/h4-6,8-9H,2-3,7,15H2,1H3,(H,16,17). The summed E-state index contributed by atoms with van der Waals surface area (Å²) >= 11 is 5.86. The van der Waals surface area contributed by atoms with Gasteiger partial charge in [0.15, 0.2) is 0 Å². The molecule has 1 saturated carbocycles. The predicted octanol–water partition coefficient (Wildman–Crippen LogP) is 2.70. The van der Waals surface area contributed by atoms with Crippen LogP contribution < -0.4 is 11.1 Å². The fourth-order valence-electron chi connectivity index (χ4n) is 1.93. The minimum atomic E-state index is -0.105. The van der Waals surface area contributed by atoms with Crippen molar-refractivity contribution < 1.29 is 4.79 Å². The van der Waals surface area contributed by atoms with Gasteiger partial charge < -0.3 is 11.1 Å². The van der Waals surface area contributed by atoms with E-state index in [1.165, 1.54) is 12.8 Å². The molecule has 0 aromatic heterocycles. The van der Waals surface area contributed by atoms with Crippen LogP contribution in [0, 0.1) is 11.8 Å². The topological polar surface area (TPSA) is 55.1 Å². The number of nitrogen functional groups attached to an aromatic ring is 1. The van der Waals surface area contributed by atoms with Crippen LogP contribution in [0.15, 0.2) is 18.2 Å². The summed E-state index contributed by atoms with van der Waals surface area (Å²) in [4.78, 5) is 11.9. The Kier molecular flexibility index (Phi) is 3.57. The van der Waals surface area contributed by atoms with Crippen molar-refractivity contribution in [2.45, 2.75) is 19.8 Å². The predicted molar refractivity (Wildman–Crippen MR) is 70.1 cm³/mol. The molecule has 0 saturated heterocycles. The number of hydrogen-bond donors (Lipinski definition) is 2. The highest BCUT2D eigenvalue weighted by molar-refractivity contribution is 6.31. The average molecular weight is 253 g/mol. The highest BCUT2D eigenvalue weighted by Crippen LogP contribution is 2.36. The van der Waals surface area contributed by atoms with E-state index in [4.69, 9.17) is 17.3 Å². The second-order valence-electron chi connectivity index (χ2n) is 4.80. The molecule has 2 rings (SSSR count). The number of carbonyl (C=O) groups excluding carboxylic acids is 1. The Morgan fingerprint density at radius 3 is 2.82 bits per heavy atom. The van der Waals surface area contributed by atoms with Crippen LogP contribution in [-0.2, 0) is 0 Å². The van der Waals surface area contributed by atoms with Crippen molar-refractivity contribution in [3.05, 3.63) is 28.8 Å². The molecule has 0 spiro atoms. The first-order chi connectivity index (χ1) is 8.06. The Morgan fingerprint density at radius 2 is 2.24 bits per heavy atom. The molecule has 1 aliphatic carbocycles. The molecule has 0 aliphatic heterocycles. The van der Waals surface area contributed by atoms with Crippen molar-refractivity contribution in [3.63, 3.8) is 0 Å². The molecule has 92 valence electrons. The minimum Gasteiger partial charge on any atom is -0.399 e. The van der Waals surface area contributed by atoms with Crippen LogP contribution in [-0.4, -0.2) is 12.5 Å². The van der Waals surface area contributed by atoms with Crippen molar-refractivity contribution in [3.8, 4) is 0 Å². The van der Waals surface area contributed by atoms with Gasteiger partial charge >= 0.3 is 0 Å². The molecule has 0 heterocycles. The summed E-state index contributed by atoms with van der Waals surface area (Å²) in [5, 5.41) is 3.41. The van der Waals surface area contributed by atoms with Crippen molar-refractivity contribution >= 4 is 23.2 Å². The van der Waals surface area contributed by atoms with Crippen LogP contribution in [0.2, 0.25) is 5.02 Å². The number of rotatable bonds is 4. The lowest BCUT2D eigenvalue weighted by Crippen LogP contribution is -2.29. The molecule has 3 N–H and O–H groups in total. The highest BCUT2D eigenvalue weighted by atomic mass is 35.5. The van der Waals surface area contributed by atoms with E-state index in [-0.39, 0.29) is 5.91 Å². The Balaban J connectivity index is 1.94. The van der Waals surface area contributed by atoms with E-state index in [1.807, 2.05) is 0 Å². The number of halogens is 1. The number of benzene rings is 1. The molecule has 17 heavy (non-hydrogen) atoms. The van der Waals surface area contributed by atoms with E-state index in [0.717, 1.165) is 12.5 Å². The summed E-state index contributed by atoms with van der Waals surface area (Å²) in [6.45, 7) is 2.89. The third-order valence-corrected chi connectivity index (χ3v) is 3.41. The van der Waals surface area contributed by atoms with Gasteiger partial charge in [0, 0.05) is 22.8 Å². The third-order valence-electron chi connectivity index (χ3n) is 3.19. The minimum absolute atomic E-state index is 0.105. The maximum atomic E-state index is 11.9. The number of hydrogen-bond acceptors (Lipinski definition) is 2. The van der Waals surface area contributed by atoms with Crippen molar-refractivity contribution in [2.75, 3.05) is 12.3 Å². The number of anilines is 1. The molecule has 1 amide bonds. The van der Waals surface area contributed by atoms with E-state index in [1.54, 1.807) is 18.2 Å². The number of nitrogens with two attached hydrogens (primary N) is 1. The van der Waals surface area contributed by atoms with Crippen LogP contribution in [0.5, 0.6) is 0 Å². The molecular formula is C13H17ClN2O. The van der Waals surface area contributed by atoms with Crippen LogP contribution >= 0.6 is 11.6 Å². The maximum Gasteiger partial charge on any atom is 0.251 e. The normalized spacial score (nSPS) is 16.6. The van der Waals surface area contributed by atoms with E-state index in [9.17, 15) is 4.79 Å². The molecule has 3 nitrogen and oxygen atoms in total. The first-order valence-electron chi connectivity index (χ1n) is 5.90. The lowest BCUT2D eigenvalue weighted by atomic mass is 10.1. The number of carbonyl (C=O) groups is 1. The van der Waals surface area contributed by atoms with Gasteiger partial charge in [0.2, 0.25) is 0 Å². The molecule has 1 aromatic rings. The molecule has 1 aromatic carbocycles. The van der Waals surface area contributed by atoms with Crippen molar-refractivity contribution in [2.24, 2.45) is 11.8 Å². The van der Waals surface area contributed by atoms with Crippen molar-refractivity contribution in [1.29, 1.82) is 0 Å². The lowest BCUT2D eigenvalue weighted by Gasteiger charge is -2.11. The lowest BCUT2D eigenvalue weighted by molar-refractivity contribution is 0.0946. The fraction of sp³-hybridized carbons (Fsp3) is 0.462. The Morgan fingerprint density at radius 1 is 1.53 bits per heavy atom. The zero-order chi connectivity index (χ0) is 12.4. The zero-order valence-corrected chi connectivity index (χ0v) is 10.6. The molecule has 1 aliphatic rings. The van der Waals surface area contributed by atoms with Crippen molar-refractivity contribution in [1.82, 2.24) is 5.32 Å². The van der Waals surface area contributed by atoms with Crippen LogP contribution in [0.3, 0.4) is 0 Å². The Labute approximate surface area is 106 Å². The summed E-state index contributed by atoms with van der Waals surface area (Å²) in [5.41, 5.74) is 6.68. The van der Waals surface area contributed by atoms with E-state index in [0.29, 0.717) is 22.2 Å². The van der Waals surface area contributed by atoms with Gasteiger partial charge in [-0.25, -0.2) is 0 Å². The maximum absolute atomic E-state index is 11.9. The van der Waals surface area contributed by atoms with E-state index in [2.05, 4.69) is 12.2 Å². The second kappa shape index (κ2) is 4.96. The molecule has 1 atom stereocenters. The van der Waals surface area contributed by atoms with Gasteiger partial charge in [-0.15, -0.1) is 0 Å². The summed E-state index contributed by atoms with van der Waals surface area (Å²) < 4.78 is 0. The first-order valence-corrected chi connectivity index (χ1v) is 6.28. The van der Waals surface area contributed by atoms with E-state index < -0.39 is 0 Å². The fourth-order valence-corrected chi connectivity index (χ4v) is 2.17. The number of amides is 1. The smallest absolute Gasteiger partial charge is 0.251 e.